The van der Waals surface area contributed by atoms with Crippen LogP contribution in [0.25, 0.3) is 0 Å². The van der Waals surface area contributed by atoms with Crippen molar-refractivity contribution >= 4 is 50.7 Å². The Balaban J connectivity index is 2.42. The summed E-state index contributed by atoms with van der Waals surface area (Å²) in [5.41, 5.74) is 2.12. The molecule has 1 N–H and O–H groups in total. The summed E-state index contributed by atoms with van der Waals surface area (Å²) < 4.78 is 26.6. The Morgan fingerprint density at radius 3 is 2.16 bits per heavy atom. The average molecular weight is 571 g/mol. The normalized spacial score (nSPS) is 12.3. The van der Waals surface area contributed by atoms with Crippen LogP contribution in [0.5, 0.6) is 0 Å². The fraction of sp³-hybridized carbons (Fsp3) is 0.481. The lowest BCUT2D eigenvalue weighted by atomic mass is 10.0. The number of sulfonamides is 1. The van der Waals surface area contributed by atoms with Crippen molar-refractivity contribution in [3.8, 4) is 0 Å². The van der Waals surface area contributed by atoms with E-state index in [9.17, 15) is 18.0 Å². The van der Waals surface area contributed by atoms with Crippen LogP contribution in [0.3, 0.4) is 0 Å². The van der Waals surface area contributed by atoms with Gasteiger partial charge in [-0.2, -0.15) is 0 Å². The predicted octanol–water partition coefficient (Wildman–Crippen LogP) is 5.61. The van der Waals surface area contributed by atoms with Gasteiger partial charge in [-0.1, -0.05) is 75.5 Å². The quantitative estimate of drug-likeness (QED) is 0.318. The molecule has 37 heavy (non-hydrogen) atoms. The van der Waals surface area contributed by atoms with Gasteiger partial charge in [0.1, 0.15) is 12.6 Å². The second-order valence-electron chi connectivity index (χ2n) is 9.35. The van der Waals surface area contributed by atoms with Gasteiger partial charge in [0.25, 0.3) is 0 Å². The molecule has 2 aromatic carbocycles. The van der Waals surface area contributed by atoms with Gasteiger partial charge >= 0.3 is 0 Å². The molecular weight excluding hydrogens is 533 g/mol. The van der Waals surface area contributed by atoms with Crippen molar-refractivity contribution in [2.75, 3.05) is 23.7 Å². The van der Waals surface area contributed by atoms with Crippen molar-refractivity contribution in [1.82, 2.24) is 10.2 Å². The predicted molar refractivity (Wildman–Crippen MR) is 152 cm³/mol. The maximum absolute atomic E-state index is 13.7. The van der Waals surface area contributed by atoms with Crippen molar-refractivity contribution in [1.29, 1.82) is 0 Å². The first-order chi connectivity index (χ1) is 17.4. The van der Waals surface area contributed by atoms with E-state index in [4.69, 9.17) is 23.2 Å². The number of nitrogens with one attached hydrogen (secondary N) is 1. The lowest BCUT2D eigenvalue weighted by Crippen LogP contribution is -2.52. The molecule has 0 unspecified atom stereocenters. The van der Waals surface area contributed by atoms with Gasteiger partial charge in [-0.3, -0.25) is 13.9 Å². The highest BCUT2D eigenvalue weighted by molar-refractivity contribution is 7.92. The zero-order valence-corrected chi connectivity index (χ0v) is 24.5. The summed E-state index contributed by atoms with van der Waals surface area (Å²) in [6.07, 6.45) is 3.15. The zero-order chi connectivity index (χ0) is 27.8. The van der Waals surface area contributed by atoms with Crippen molar-refractivity contribution in [2.45, 2.75) is 65.5 Å². The van der Waals surface area contributed by atoms with Crippen LogP contribution in [0.1, 0.15) is 64.0 Å². The Morgan fingerprint density at radius 2 is 1.65 bits per heavy atom. The molecule has 2 amide bonds. The van der Waals surface area contributed by atoms with Crippen molar-refractivity contribution in [3.63, 3.8) is 0 Å². The van der Waals surface area contributed by atoms with Crippen LogP contribution in [-0.4, -0.2) is 50.5 Å². The van der Waals surface area contributed by atoms with Crippen molar-refractivity contribution in [2.24, 2.45) is 0 Å². The van der Waals surface area contributed by atoms with E-state index >= 15 is 0 Å². The van der Waals surface area contributed by atoms with Gasteiger partial charge in [-0.25, -0.2) is 8.42 Å². The molecule has 0 aromatic heterocycles. The number of anilines is 1. The lowest BCUT2D eigenvalue weighted by Gasteiger charge is -2.33. The molecule has 2 aromatic rings. The number of hydrogen-bond acceptors (Lipinski definition) is 4. The summed E-state index contributed by atoms with van der Waals surface area (Å²) >= 11 is 12.3. The Hall–Kier alpha value is -2.29. The van der Waals surface area contributed by atoms with E-state index in [2.05, 4.69) is 5.32 Å². The van der Waals surface area contributed by atoms with E-state index in [1.807, 2.05) is 39.8 Å². The van der Waals surface area contributed by atoms with E-state index in [-0.39, 0.29) is 18.4 Å². The van der Waals surface area contributed by atoms with Gasteiger partial charge in [0.2, 0.25) is 21.8 Å². The number of halogens is 2. The average Bonchev–Trinajstić information content (AvgIpc) is 2.84. The zero-order valence-electron chi connectivity index (χ0n) is 22.1. The number of carbonyl (C=O) groups excluding carboxylic acids is 2. The third kappa shape index (κ3) is 8.90. The minimum Gasteiger partial charge on any atom is -0.354 e. The van der Waals surface area contributed by atoms with Gasteiger partial charge < -0.3 is 10.2 Å². The van der Waals surface area contributed by atoms with Crippen LogP contribution in [0.4, 0.5) is 5.69 Å². The van der Waals surface area contributed by atoms with Crippen LogP contribution < -0.4 is 9.62 Å². The summed E-state index contributed by atoms with van der Waals surface area (Å²) in [6.45, 7) is 8.06. The summed E-state index contributed by atoms with van der Waals surface area (Å²) in [5, 5.41) is 3.60. The fourth-order valence-electron chi connectivity index (χ4n) is 3.90. The molecule has 2 rings (SSSR count). The summed E-state index contributed by atoms with van der Waals surface area (Å²) in [4.78, 5) is 28.2. The third-order valence-corrected chi connectivity index (χ3v) is 7.96. The first kappa shape index (κ1) is 30.9. The van der Waals surface area contributed by atoms with Crippen LogP contribution >= 0.6 is 23.2 Å². The molecular formula is C27H37Cl2N3O4S. The molecule has 0 aliphatic rings. The molecule has 0 saturated carbocycles. The third-order valence-electron chi connectivity index (χ3n) is 6.08. The van der Waals surface area contributed by atoms with E-state index < -0.39 is 28.5 Å². The Morgan fingerprint density at radius 1 is 1.00 bits per heavy atom. The number of rotatable bonds is 13. The molecule has 204 valence electrons. The van der Waals surface area contributed by atoms with E-state index in [1.54, 1.807) is 30.3 Å². The van der Waals surface area contributed by atoms with Crippen LogP contribution in [0, 0.1) is 0 Å². The molecule has 0 fully saturated rings. The largest absolute Gasteiger partial charge is 0.354 e. The van der Waals surface area contributed by atoms with E-state index in [0.29, 0.717) is 34.3 Å². The minimum atomic E-state index is -3.79. The monoisotopic (exact) mass is 569 g/mol. The first-order valence-corrected chi connectivity index (χ1v) is 15.1. The number of carbonyl (C=O) groups is 2. The second kappa shape index (κ2) is 14.0. The Labute approximate surface area is 231 Å². The highest BCUT2D eigenvalue weighted by Gasteiger charge is 2.31. The molecule has 1 atom stereocenters. The van der Waals surface area contributed by atoms with Gasteiger partial charge in [0, 0.05) is 13.1 Å². The molecule has 0 aliphatic carbocycles. The summed E-state index contributed by atoms with van der Waals surface area (Å²) in [5.74, 6) is -0.501. The summed E-state index contributed by atoms with van der Waals surface area (Å²) in [7, 11) is -3.79. The standard InChI is InChI=1S/C27H37Cl2N3O4S/c1-6-8-15-30-27(34)25(7-2)31(17-20-9-14-23(28)24(29)16-20)26(33)18-32(37(5,35)36)22-12-10-21(11-13-22)19(3)4/h9-14,16,19,25H,6-8,15,17-18H2,1-5H3,(H,30,34)/t25-/m0/s1. The maximum atomic E-state index is 13.7. The van der Waals surface area contributed by atoms with E-state index in [0.717, 1.165) is 29.0 Å². The highest BCUT2D eigenvalue weighted by Crippen LogP contribution is 2.25. The van der Waals surface area contributed by atoms with Crippen LogP contribution in [0.15, 0.2) is 42.5 Å². The number of benzene rings is 2. The minimum absolute atomic E-state index is 0.0688. The Kier molecular flexibility index (Phi) is 11.7. The van der Waals surface area contributed by atoms with Crippen molar-refractivity contribution < 1.29 is 18.0 Å². The number of amides is 2. The first-order valence-electron chi connectivity index (χ1n) is 12.5. The summed E-state index contributed by atoms with van der Waals surface area (Å²) in [6, 6.07) is 11.3. The van der Waals surface area contributed by atoms with Gasteiger partial charge in [0.05, 0.1) is 22.0 Å². The molecule has 10 heteroatoms. The second-order valence-corrected chi connectivity index (χ2v) is 12.1. The number of unbranched alkanes of at least 4 members (excludes halogenated alkanes) is 1. The molecule has 0 radical (unpaired) electrons. The number of hydrogen-bond donors (Lipinski definition) is 1. The van der Waals surface area contributed by atoms with Crippen LogP contribution in [-0.2, 0) is 26.2 Å². The topological polar surface area (TPSA) is 86.8 Å². The molecule has 0 saturated heterocycles. The molecule has 0 bridgehead atoms. The molecule has 7 nitrogen and oxygen atoms in total. The van der Waals surface area contributed by atoms with E-state index in [1.165, 1.54) is 4.90 Å². The molecule has 0 heterocycles. The fourth-order valence-corrected chi connectivity index (χ4v) is 5.07. The van der Waals surface area contributed by atoms with Gasteiger partial charge in [-0.15, -0.1) is 0 Å². The highest BCUT2D eigenvalue weighted by atomic mass is 35.5. The van der Waals surface area contributed by atoms with Crippen molar-refractivity contribution in [3.05, 3.63) is 63.6 Å². The Bertz CT molecular complexity index is 1170. The van der Waals surface area contributed by atoms with Gasteiger partial charge in [0.15, 0.2) is 0 Å². The molecule has 0 aliphatic heterocycles. The van der Waals surface area contributed by atoms with Crippen LogP contribution in [0.2, 0.25) is 10.0 Å². The molecule has 0 spiro atoms. The SMILES string of the molecule is CCCCNC(=O)[C@H](CC)N(Cc1ccc(Cl)c(Cl)c1)C(=O)CN(c1ccc(C(C)C)cc1)S(C)(=O)=O. The lowest BCUT2D eigenvalue weighted by molar-refractivity contribution is -0.140. The number of nitrogens with zero attached hydrogens (tertiary/aromatic N) is 2. The van der Waals surface area contributed by atoms with Gasteiger partial charge in [-0.05, 0) is 54.2 Å². The smallest absolute Gasteiger partial charge is 0.244 e. The maximum Gasteiger partial charge on any atom is 0.244 e.